The third-order valence-electron chi connectivity index (χ3n) is 4.57. The predicted octanol–water partition coefficient (Wildman–Crippen LogP) is 3.49. The van der Waals surface area contributed by atoms with Crippen LogP contribution in [0.25, 0.3) is 6.08 Å². The lowest BCUT2D eigenvalue weighted by Gasteiger charge is -2.31. The normalized spacial score (nSPS) is 17.0. The molecule has 28 heavy (non-hydrogen) atoms. The lowest BCUT2D eigenvalue weighted by molar-refractivity contribution is -0.127. The Morgan fingerprint density at radius 1 is 1.25 bits per heavy atom. The van der Waals surface area contributed by atoms with Gasteiger partial charge in [0.05, 0.1) is 11.9 Å². The number of rotatable bonds is 5. The molecule has 0 bridgehead atoms. The maximum Gasteiger partial charge on any atom is 0.246 e. The van der Waals surface area contributed by atoms with Gasteiger partial charge in [0, 0.05) is 55.3 Å². The highest BCUT2D eigenvalue weighted by Crippen LogP contribution is 2.30. The van der Waals surface area contributed by atoms with Gasteiger partial charge in [0.25, 0.3) is 0 Å². The summed E-state index contributed by atoms with van der Waals surface area (Å²) in [6.07, 6.45) is 13.8. The van der Waals surface area contributed by atoms with E-state index in [0.29, 0.717) is 12.4 Å². The fourth-order valence-corrected chi connectivity index (χ4v) is 3.97. The number of likely N-dealkylation sites (tertiary alicyclic amines) is 1. The molecule has 1 saturated heterocycles. The lowest BCUT2D eigenvalue weighted by atomic mass is 9.95. The van der Waals surface area contributed by atoms with E-state index in [1.54, 1.807) is 48.4 Å². The van der Waals surface area contributed by atoms with Crippen molar-refractivity contribution in [1.29, 1.82) is 0 Å². The van der Waals surface area contributed by atoms with Gasteiger partial charge in [-0.05, 0) is 30.5 Å². The largest absolute Gasteiger partial charge is 0.338 e. The second-order valence-electron chi connectivity index (χ2n) is 6.54. The molecule has 1 aliphatic rings. The van der Waals surface area contributed by atoms with Gasteiger partial charge in [-0.1, -0.05) is 6.07 Å². The van der Waals surface area contributed by atoms with E-state index in [2.05, 4.69) is 25.6 Å². The maximum atomic E-state index is 12.6. The number of amides is 1. The quantitative estimate of drug-likeness (QED) is 0.669. The van der Waals surface area contributed by atoms with Gasteiger partial charge in [0.2, 0.25) is 5.91 Å². The molecule has 1 amide bonds. The van der Waals surface area contributed by atoms with Crippen LogP contribution in [-0.2, 0) is 4.79 Å². The van der Waals surface area contributed by atoms with Crippen molar-refractivity contribution in [2.75, 3.05) is 18.4 Å². The summed E-state index contributed by atoms with van der Waals surface area (Å²) in [4.78, 5) is 31.5. The smallest absolute Gasteiger partial charge is 0.246 e. The Morgan fingerprint density at radius 2 is 2.18 bits per heavy atom. The van der Waals surface area contributed by atoms with Crippen molar-refractivity contribution in [3.05, 3.63) is 65.8 Å². The molecular weight excluding hydrogens is 372 g/mol. The van der Waals surface area contributed by atoms with Gasteiger partial charge in [-0.25, -0.2) is 9.97 Å². The van der Waals surface area contributed by atoms with Crippen molar-refractivity contribution in [3.63, 3.8) is 0 Å². The minimum absolute atomic E-state index is 0.0293. The lowest BCUT2D eigenvalue weighted by Crippen LogP contribution is -2.38. The number of pyridine rings is 1. The Labute approximate surface area is 167 Å². The molecule has 1 fully saturated rings. The second kappa shape index (κ2) is 8.71. The zero-order chi connectivity index (χ0) is 19.2. The molecule has 0 saturated carbocycles. The first kappa shape index (κ1) is 18.2. The maximum absolute atomic E-state index is 12.6. The topological polar surface area (TPSA) is 83.9 Å². The molecule has 4 heterocycles. The summed E-state index contributed by atoms with van der Waals surface area (Å²) < 4.78 is 0. The Kier molecular flexibility index (Phi) is 5.67. The Morgan fingerprint density at radius 3 is 3.00 bits per heavy atom. The first-order valence-electron chi connectivity index (χ1n) is 9.13. The summed E-state index contributed by atoms with van der Waals surface area (Å²) in [6, 6.07) is 3.78. The first-order chi connectivity index (χ1) is 13.8. The molecule has 0 aliphatic carbocycles. The summed E-state index contributed by atoms with van der Waals surface area (Å²) in [6.45, 7) is 1.46. The number of carbonyl (C=O) groups excluding carboxylic acids is 1. The fourth-order valence-electron chi connectivity index (χ4n) is 3.17. The number of anilines is 2. The molecule has 0 aromatic carbocycles. The Hall–Kier alpha value is -3.13. The van der Waals surface area contributed by atoms with E-state index in [4.69, 9.17) is 4.98 Å². The zero-order valence-corrected chi connectivity index (χ0v) is 16.0. The van der Waals surface area contributed by atoms with Crippen molar-refractivity contribution >= 4 is 34.3 Å². The molecule has 1 N–H and O–H groups in total. The van der Waals surface area contributed by atoms with Gasteiger partial charge in [0.15, 0.2) is 10.9 Å². The van der Waals surface area contributed by atoms with E-state index in [1.165, 1.54) is 0 Å². The number of aromatic nitrogens is 4. The van der Waals surface area contributed by atoms with Gasteiger partial charge < -0.3 is 10.2 Å². The van der Waals surface area contributed by atoms with Crippen LogP contribution < -0.4 is 5.32 Å². The number of thiazole rings is 1. The molecule has 0 unspecified atom stereocenters. The standard InChI is InChI=1S/C20H20N6OS/c27-19(6-5-15-3-1-7-21-11-15)26-10-2-4-16(13-26)17-14-28-20(24-17)25-18-12-22-8-9-23-18/h1,3,5-9,11-12,14,16H,2,4,10,13H2,(H,23,24,25)/b6-5+/t16-/m1/s1. The third kappa shape index (κ3) is 4.58. The van der Waals surface area contributed by atoms with Gasteiger partial charge >= 0.3 is 0 Å². The van der Waals surface area contributed by atoms with Crippen LogP contribution in [0.2, 0.25) is 0 Å². The van der Waals surface area contributed by atoms with Crippen LogP contribution in [0.1, 0.15) is 30.0 Å². The number of hydrogen-bond acceptors (Lipinski definition) is 7. The summed E-state index contributed by atoms with van der Waals surface area (Å²) in [5.74, 6) is 0.948. The zero-order valence-electron chi connectivity index (χ0n) is 15.2. The van der Waals surface area contributed by atoms with Crippen LogP contribution in [0.4, 0.5) is 10.9 Å². The molecule has 0 radical (unpaired) electrons. The number of nitrogens with one attached hydrogen (secondary N) is 1. The summed E-state index contributed by atoms with van der Waals surface area (Å²) >= 11 is 1.54. The molecule has 1 atom stereocenters. The number of hydrogen-bond donors (Lipinski definition) is 1. The SMILES string of the molecule is O=C(/C=C/c1cccnc1)N1CCC[C@@H](c2csc(Nc3cnccn3)n2)C1. The molecule has 3 aromatic rings. The summed E-state index contributed by atoms with van der Waals surface area (Å²) in [5.41, 5.74) is 1.94. The number of carbonyl (C=O) groups is 1. The number of piperidine rings is 1. The average molecular weight is 392 g/mol. The second-order valence-corrected chi connectivity index (χ2v) is 7.39. The molecule has 1 aliphatic heterocycles. The van der Waals surface area contributed by atoms with Crippen molar-refractivity contribution in [2.45, 2.75) is 18.8 Å². The average Bonchev–Trinajstić information content (AvgIpc) is 3.22. The van der Waals surface area contributed by atoms with Gasteiger partial charge in [0.1, 0.15) is 0 Å². The van der Waals surface area contributed by atoms with E-state index in [1.807, 2.05) is 23.1 Å². The van der Waals surface area contributed by atoms with Crippen molar-refractivity contribution in [2.24, 2.45) is 0 Å². The van der Waals surface area contributed by atoms with Gasteiger partial charge in [-0.2, -0.15) is 0 Å². The highest BCUT2D eigenvalue weighted by Gasteiger charge is 2.25. The molecule has 4 rings (SSSR count). The van der Waals surface area contributed by atoms with E-state index >= 15 is 0 Å². The van der Waals surface area contributed by atoms with Crippen molar-refractivity contribution in [3.8, 4) is 0 Å². The Bertz CT molecular complexity index is 944. The third-order valence-corrected chi connectivity index (χ3v) is 5.35. The van der Waals surface area contributed by atoms with Crippen LogP contribution in [0, 0.1) is 0 Å². The molecule has 8 heteroatoms. The summed E-state index contributed by atoms with van der Waals surface area (Å²) in [5, 5.41) is 6.02. The molecule has 3 aromatic heterocycles. The van der Waals surface area contributed by atoms with E-state index in [0.717, 1.165) is 35.8 Å². The van der Waals surface area contributed by atoms with E-state index in [-0.39, 0.29) is 11.8 Å². The number of nitrogens with zero attached hydrogens (tertiary/aromatic N) is 5. The van der Waals surface area contributed by atoms with Gasteiger partial charge in [-0.15, -0.1) is 11.3 Å². The Balaban J connectivity index is 1.38. The monoisotopic (exact) mass is 392 g/mol. The van der Waals surface area contributed by atoms with Crippen LogP contribution in [0.15, 0.2) is 54.6 Å². The minimum atomic E-state index is 0.0293. The van der Waals surface area contributed by atoms with Crippen LogP contribution in [0.3, 0.4) is 0 Å². The van der Waals surface area contributed by atoms with Crippen LogP contribution in [0.5, 0.6) is 0 Å². The minimum Gasteiger partial charge on any atom is -0.338 e. The van der Waals surface area contributed by atoms with Gasteiger partial charge in [-0.3, -0.25) is 14.8 Å². The molecule has 142 valence electrons. The molecule has 7 nitrogen and oxygen atoms in total. The fraction of sp³-hybridized carbons (Fsp3) is 0.250. The van der Waals surface area contributed by atoms with E-state index < -0.39 is 0 Å². The van der Waals surface area contributed by atoms with Crippen molar-refractivity contribution < 1.29 is 4.79 Å². The first-order valence-corrected chi connectivity index (χ1v) is 10.0. The summed E-state index contributed by atoms with van der Waals surface area (Å²) in [7, 11) is 0. The molecule has 0 spiro atoms. The highest BCUT2D eigenvalue weighted by molar-refractivity contribution is 7.13. The molecular formula is C20H20N6OS. The van der Waals surface area contributed by atoms with Crippen molar-refractivity contribution in [1.82, 2.24) is 24.8 Å². The predicted molar refractivity (Wildman–Crippen MR) is 109 cm³/mol. The van der Waals surface area contributed by atoms with Crippen LogP contribution >= 0.6 is 11.3 Å². The highest BCUT2D eigenvalue weighted by atomic mass is 32.1. The van der Waals surface area contributed by atoms with Crippen LogP contribution in [-0.4, -0.2) is 43.8 Å². The van der Waals surface area contributed by atoms with E-state index in [9.17, 15) is 4.79 Å².